The number of nitrogens with one attached hydrogen (secondary N) is 4. The number of thiol groups is 1. The van der Waals surface area contributed by atoms with Gasteiger partial charge in [0.1, 0.15) is 25.0 Å². The molecule has 7 N–H and O–H groups in total. The SMILES string of the molecule is CC(=O)[C@H](CCCCNC(=O)COCCOCCNC(=O)COCCOCCNC(=O)CC[C@H](N)C(=O)O)NS. The van der Waals surface area contributed by atoms with E-state index in [1.807, 2.05) is 0 Å². The topological polar surface area (TPSA) is 217 Å². The van der Waals surface area contributed by atoms with Crippen LogP contribution in [0.4, 0.5) is 0 Å². The quantitative estimate of drug-likeness (QED) is 0.0412. The molecule has 0 saturated heterocycles. The van der Waals surface area contributed by atoms with Gasteiger partial charge in [-0.2, -0.15) is 0 Å². The monoisotopic (exact) mass is 595 g/mol. The largest absolute Gasteiger partial charge is 0.480 e. The Morgan fingerprint density at radius 2 is 1.23 bits per heavy atom. The maximum atomic E-state index is 11.7. The van der Waals surface area contributed by atoms with Gasteiger partial charge in [-0.1, -0.05) is 12.8 Å². The van der Waals surface area contributed by atoms with Crippen LogP contribution in [0.15, 0.2) is 0 Å². The van der Waals surface area contributed by atoms with Gasteiger partial charge in [-0.3, -0.25) is 28.7 Å². The number of carboxylic acids is 1. The van der Waals surface area contributed by atoms with Crippen LogP contribution in [-0.4, -0.2) is 119 Å². The summed E-state index contributed by atoms with van der Waals surface area (Å²) in [6, 6.07) is -1.34. The van der Waals surface area contributed by atoms with Gasteiger partial charge in [0.25, 0.3) is 0 Å². The molecule has 0 aromatic carbocycles. The van der Waals surface area contributed by atoms with Gasteiger partial charge in [-0.15, -0.1) is 0 Å². The molecule has 16 heteroatoms. The third-order valence-corrected chi connectivity index (χ3v) is 5.55. The first-order valence-electron chi connectivity index (χ1n) is 13.2. The normalized spacial score (nSPS) is 12.4. The molecule has 3 amide bonds. The average Bonchev–Trinajstić information content (AvgIpc) is 2.91. The average molecular weight is 596 g/mol. The van der Waals surface area contributed by atoms with E-state index in [1.165, 1.54) is 6.92 Å². The Morgan fingerprint density at radius 1 is 0.725 bits per heavy atom. The van der Waals surface area contributed by atoms with E-state index in [1.54, 1.807) is 0 Å². The van der Waals surface area contributed by atoms with Crippen LogP contribution in [0.25, 0.3) is 0 Å². The van der Waals surface area contributed by atoms with Crippen molar-refractivity contribution in [2.75, 3.05) is 72.5 Å². The predicted octanol–water partition coefficient (Wildman–Crippen LogP) is -1.84. The highest BCUT2D eigenvalue weighted by Crippen LogP contribution is 2.02. The minimum absolute atomic E-state index is 0.0198. The molecule has 232 valence electrons. The Labute approximate surface area is 240 Å². The second-order valence-corrected chi connectivity index (χ2v) is 8.91. The Hall–Kier alpha value is -2.34. The fourth-order valence-electron chi connectivity index (χ4n) is 2.96. The molecule has 0 heterocycles. The van der Waals surface area contributed by atoms with Crippen molar-refractivity contribution in [3.05, 3.63) is 0 Å². The van der Waals surface area contributed by atoms with Crippen LogP contribution in [0.5, 0.6) is 0 Å². The lowest BCUT2D eigenvalue weighted by molar-refractivity contribution is -0.138. The molecular formula is C24H45N5O10S. The Balaban J connectivity index is 3.44. The number of amides is 3. The summed E-state index contributed by atoms with van der Waals surface area (Å²) in [6.07, 6.45) is 2.26. The molecule has 0 aliphatic heterocycles. The van der Waals surface area contributed by atoms with Gasteiger partial charge >= 0.3 is 5.97 Å². The van der Waals surface area contributed by atoms with E-state index >= 15 is 0 Å². The Morgan fingerprint density at radius 3 is 1.73 bits per heavy atom. The van der Waals surface area contributed by atoms with Crippen molar-refractivity contribution in [3.63, 3.8) is 0 Å². The Kier molecular flexibility index (Phi) is 24.1. The fourth-order valence-corrected chi connectivity index (χ4v) is 3.27. The molecular weight excluding hydrogens is 550 g/mol. The molecule has 0 radical (unpaired) electrons. The summed E-state index contributed by atoms with van der Waals surface area (Å²) >= 11 is 3.92. The number of carbonyl (C=O) groups excluding carboxylic acids is 4. The van der Waals surface area contributed by atoms with Crippen molar-refractivity contribution in [1.82, 2.24) is 20.7 Å². The summed E-state index contributed by atoms with van der Waals surface area (Å²) in [4.78, 5) is 56.8. The first-order valence-corrected chi connectivity index (χ1v) is 13.6. The van der Waals surface area contributed by atoms with Crippen LogP contribution >= 0.6 is 12.8 Å². The molecule has 0 aromatic rings. The highest BCUT2D eigenvalue weighted by atomic mass is 32.1. The fraction of sp³-hybridized carbons (Fsp3) is 0.792. The highest BCUT2D eigenvalue weighted by molar-refractivity contribution is 7.78. The number of nitrogens with two attached hydrogens (primary N) is 1. The maximum absolute atomic E-state index is 11.7. The molecule has 0 fully saturated rings. The van der Waals surface area contributed by atoms with Crippen molar-refractivity contribution in [3.8, 4) is 0 Å². The smallest absolute Gasteiger partial charge is 0.320 e. The minimum atomic E-state index is -1.15. The van der Waals surface area contributed by atoms with E-state index < -0.39 is 12.0 Å². The number of ether oxygens (including phenoxy) is 4. The molecule has 2 atom stereocenters. The van der Waals surface area contributed by atoms with Crippen LogP contribution in [0.3, 0.4) is 0 Å². The number of carboxylic acid groups (broad SMARTS) is 1. The van der Waals surface area contributed by atoms with Crippen LogP contribution in [0.1, 0.15) is 39.0 Å². The second kappa shape index (κ2) is 25.6. The summed E-state index contributed by atoms with van der Waals surface area (Å²) in [5.41, 5.74) is 5.33. The zero-order chi connectivity index (χ0) is 30.0. The van der Waals surface area contributed by atoms with E-state index in [4.69, 9.17) is 29.8 Å². The van der Waals surface area contributed by atoms with Gasteiger partial charge < -0.3 is 45.7 Å². The zero-order valence-electron chi connectivity index (χ0n) is 23.1. The van der Waals surface area contributed by atoms with E-state index in [0.717, 1.165) is 12.8 Å². The van der Waals surface area contributed by atoms with E-state index in [0.29, 0.717) is 19.5 Å². The van der Waals surface area contributed by atoms with Crippen LogP contribution in [0, 0.1) is 0 Å². The number of ketones is 1. The molecule has 0 saturated carbocycles. The molecule has 0 unspecified atom stereocenters. The highest BCUT2D eigenvalue weighted by Gasteiger charge is 2.13. The number of hydrogen-bond acceptors (Lipinski definition) is 12. The molecule has 40 heavy (non-hydrogen) atoms. The summed E-state index contributed by atoms with van der Waals surface area (Å²) in [5.74, 6) is -1.95. The third kappa shape index (κ3) is 23.5. The summed E-state index contributed by atoms with van der Waals surface area (Å²) in [5, 5.41) is 16.6. The second-order valence-electron chi connectivity index (χ2n) is 8.65. The third-order valence-electron chi connectivity index (χ3n) is 5.24. The van der Waals surface area contributed by atoms with Crippen LogP contribution < -0.4 is 26.4 Å². The van der Waals surface area contributed by atoms with Crippen LogP contribution in [-0.2, 0) is 42.9 Å². The zero-order valence-corrected chi connectivity index (χ0v) is 24.0. The first kappa shape index (κ1) is 37.7. The number of Topliss-reactive ketones (excluding diaryl/α,β-unsaturated/α-hetero) is 1. The number of aliphatic carboxylic acids is 1. The lowest BCUT2D eigenvalue weighted by Gasteiger charge is -2.11. The van der Waals surface area contributed by atoms with Crippen molar-refractivity contribution in [2.45, 2.75) is 51.1 Å². The molecule has 0 bridgehead atoms. The molecule has 15 nitrogen and oxygen atoms in total. The van der Waals surface area contributed by atoms with Crippen LogP contribution in [0.2, 0.25) is 0 Å². The van der Waals surface area contributed by atoms with Crippen molar-refractivity contribution < 1.29 is 48.0 Å². The minimum Gasteiger partial charge on any atom is -0.480 e. The van der Waals surface area contributed by atoms with Gasteiger partial charge in [-0.25, -0.2) is 0 Å². The molecule has 0 aromatic heterocycles. The van der Waals surface area contributed by atoms with E-state index in [2.05, 4.69) is 33.5 Å². The summed E-state index contributed by atoms with van der Waals surface area (Å²) in [6.45, 7) is 3.83. The number of unbranched alkanes of at least 4 members (excludes halogenated alkanes) is 1. The van der Waals surface area contributed by atoms with Crippen molar-refractivity contribution in [1.29, 1.82) is 0 Å². The lowest BCUT2D eigenvalue weighted by atomic mass is 10.1. The number of rotatable bonds is 27. The standard InChI is InChI=1S/C24H45N5O10S/c1-18(30)20(29-40)4-2-3-7-26-22(32)16-38-14-13-37-11-9-28-23(33)17-39-15-12-36-10-8-27-21(31)6-5-19(25)24(34)35/h19-20,29,40H,2-17,25H2,1H3,(H,26,32)(H,27,31)(H,28,33)(H,34,35)/t19-,20-/m0/s1. The number of carbonyl (C=O) groups is 5. The van der Waals surface area contributed by atoms with Gasteiger partial charge in [0.2, 0.25) is 17.7 Å². The molecule has 0 aliphatic rings. The molecule has 0 spiro atoms. The summed E-state index contributed by atoms with van der Waals surface area (Å²) in [7, 11) is 0. The van der Waals surface area contributed by atoms with Gasteiger partial charge in [-0.05, 0) is 32.6 Å². The van der Waals surface area contributed by atoms with Gasteiger partial charge in [0.15, 0.2) is 0 Å². The van der Waals surface area contributed by atoms with E-state index in [9.17, 15) is 24.0 Å². The summed E-state index contributed by atoms with van der Waals surface area (Å²) < 4.78 is 23.7. The molecule has 0 rings (SSSR count). The van der Waals surface area contributed by atoms with E-state index in [-0.39, 0.29) is 102 Å². The Bertz CT molecular complexity index is 747. The first-order chi connectivity index (χ1) is 19.2. The van der Waals surface area contributed by atoms with Crippen molar-refractivity contribution in [2.24, 2.45) is 5.73 Å². The lowest BCUT2D eigenvalue weighted by Crippen LogP contribution is -2.33. The van der Waals surface area contributed by atoms with Crippen molar-refractivity contribution >= 4 is 42.3 Å². The van der Waals surface area contributed by atoms with Gasteiger partial charge in [0, 0.05) is 26.1 Å². The van der Waals surface area contributed by atoms with Gasteiger partial charge in [0.05, 0.1) is 45.7 Å². The predicted molar refractivity (Wildman–Crippen MR) is 148 cm³/mol. The molecule has 0 aliphatic carbocycles. The maximum Gasteiger partial charge on any atom is 0.320 e. The number of hydrogen-bond donors (Lipinski definition) is 7.